The highest BCUT2D eigenvalue weighted by Crippen LogP contribution is 2.43. The number of benzene rings is 3. The first-order valence-electron chi connectivity index (χ1n) is 28.8. The maximum Gasteiger partial charge on any atom is 0.313 e. The molecule has 0 radical (unpaired) electrons. The van der Waals surface area contributed by atoms with Crippen molar-refractivity contribution < 1.29 is 92.5 Å². The standard InChI is InChI=1S/C59H81F4N5O16S/c1-3-13-66(14-4-2)58(71)47-36-46-9-8-45(38-51(46)65-52(64)39-47)44-6-5-7-48(37-44)85(72,73)68-42-59(43-68)12-15-67(41-59)53(69)10-16-74-18-20-76-22-24-78-26-28-80-30-32-82-34-35-83-33-31-81-29-27-79-25-23-77-21-19-75-17-11-54(70)84-57-55(62)49(60)40-50(61)56(57)63/h5-9,36-38,40H,3-4,10-35,39,41-43H2,1-2H3,(H2,64,65). The van der Waals surface area contributed by atoms with Gasteiger partial charge < -0.3 is 67.6 Å². The molecule has 6 rings (SSSR count). The molecule has 0 aliphatic carbocycles. The number of amidine groups is 1. The van der Waals surface area contributed by atoms with Crippen LogP contribution in [-0.4, -0.2) is 218 Å². The number of hydrogen-bond acceptors (Lipinski definition) is 18. The molecule has 26 heteroatoms. The largest absolute Gasteiger partial charge is 0.420 e. The number of carbonyl (C=O) groups is 3. The fourth-order valence-corrected chi connectivity index (χ4v) is 11.1. The van der Waals surface area contributed by atoms with E-state index in [0.717, 1.165) is 30.4 Å². The molecule has 85 heavy (non-hydrogen) atoms. The van der Waals surface area contributed by atoms with Crippen LogP contribution in [0.3, 0.4) is 0 Å². The van der Waals surface area contributed by atoms with Gasteiger partial charge in [-0.2, -0.15) is 13.1 Å². The van der Waals surface area contributed by atoms with Gasteiger partial charge in [0.1, 0.15) is 5.84 Å². The Kier molecular flexibility index (Phi) is 29.6. The van der Waals surface area contributed by atoms with Crippen molar-refractivity contribution >= 4 is 45.4 Å². The molecule has 3 aromatic carbocycles. The molecule has 2 fully saturated rings. The SMILES string of the molecule is CCCN(CCC)C(=O)C1=Cc2ccc(-c3cccc(S(=O)(=O)N4CC5(CCN(C(=O)CCOCCOCCOCCOCCOCCOCCOCCOCCOCCOCCC(=O)Oc6c(F)c(F)cc(F)c6F)C5)C4)c3)cc2N=C(N)C1. The van der Waals surface area contributed by atoms with Gasteiger partial charge in [0.2, 0.25) is 39.2 Å². The zero-order valence-electron chi connectivity index (χ0n) is 48.6. The van der Waals surface area contributed by atoms with Crippen LogP contribution < -0.4 is 10.5 Å². The molecule has 3 aromatic rings. The van der Waals surface area contributed by atoms with Gasteiger partial charge in [-0.3, -0.25) is 14.4 Å². The summed E-state index contributed by atoms with van der Waals surface area (Å²) < 4.78 is 142. The molecular formula is C59H81F4N5O16S. The van der Waals surface area contributed by atoms with Crippen LogP contribution in [0.15, 0.2) is 64.0 Å². The molecule has 0 aromatic heterocycles. The number of hydrogen-bond donors (Lipinski definition) is 1. The highest BCUT2D eigenvalue weighted by Gasteiger charge is 2.52. The summed E-state index contributed by atoms with van der Waals surface area (Å²) >= 11 is 0. The summed E-state index contributed by atoms with van der Waals surface area (Å²) in [5.74, 6) is -9.27. The maximum atomic E-state index is 13.9. The maximum absolute atomic E-state index is 13.9. The van der Waals surface area contributed by atoms with Crippen molar-refractivity contribution in [1.82, 2.24) is 14.1 Å². The summed E-state index contributed by atoms with van der Waals surface area (Å²) in [6.07, 6.45) is 4.36. The van der Waals surface area contributed by atoms with Crippen LogP contribution in [0.5, 0.6) is 5.75 Å². The van der Waals surface area contributed by atoms with Crippen molar-refractivity contribution in [3.63, 3.8) is 0 Å². The van der Waals surface area contributed by atoms with Gasteiger partial charge in [0, 0.05) is 68.3 Å². The molecule has 0 saturated carbocycles. The second-order valence-corrected chi connectivity index (χ2v) is 22.2. The number of aliphatic imine (C=N–C) groups is 1. The fourth-order valence-electron chi connectivity index (χ4n) is 9.39. The smallest absolute Gasteiger partial charge is 0.313 e. The Morgan fingerprint density at radius 1 is 0.612 bits per heavy atom. The van der Waals surface area contributed by atoms with Gasteiger partial charge in [-0.15, -0.1) is 0 Å². The van der Waals surface area contributed by atoms with E-state index in [4.69, 9.17) is 53.1 Å². The molecule has 0 bridgehead atoms. The molecule has 2 saturated heterocycles. The van der Waals surface area contributed by atoms with Crippen molar-refractivity contribution in [2.45, 2.75) is 57.3 Å². The van der Waals surface area contributed by atoms with Gasteiger partial charge in [-0.25, -0.2) is 22.2 Å². The Balaban J connectivity index is 0.686. The lowest BCUT2D eigenvalue weighted by molar-refractivity contribution is -0.136. The van der Waals surface area contributed by atoms with Gasteiger partial charge in [0.15, 0.2) is 11.6 Å². The Morgan fingerprint density at radius 2 is 1.08 bits per heavy atom. The lowest BCUT2D eigenvalue weighted by atomic mass is 9.81. The zero-order chi connectivity index (χ0) is 60.9. The third kappa shape index (κ3) is 22.3. The van der Waals surface area contributed by atoms with Gasteiger partial charge in [0.25, 0.3) is 0 Å². The number of esters is 1. The van der Waals surface area contributed by atoms with E-state index in [2.05, 4.69) is 9.73 Å². The van der Waals surface area contributed by atoms with E-state index in [0.29, 0.717) is 161 Å². The summed E-state index contributed by atoms with van der Waals surface area (Å²) in [5.41, 5.74) is 9.51. The monoisotopic (exact) mass is 1220 g/mol. The minimum atomic E-state index is -3.80. The molecule has 0 unspecified atom stereocenters. The van der Waals surface area contributed by atoms with E-state index in [1.165, 1.54) is 4.31 Å². The van der Waals surface area contributed by atoms with Crippen LogP contribution in [0.1, 0.15) is 57.9 Å². The number of nitrogens with zero attached hydrogens (tertiary/aromatic N) is 4. The third-order valence-electron chi connectivity index (χ3n) is 13.7. The highest BCUT2D eigenvalue weighted by molar-refractivity contribution is 7.89. The number of sulfonamides is 1. The average molecular weight is 1220 g/mol. The van der Waals surface area contributed by atoms with E-state index in [1.807, 2.05) is 54.0 Å². The summed E-state index contributed by atoms with van der Waals surface area (Å²) in [6, 6.07) is 12.6. The molecule has 472 valence electrons. The molecule has 2 amide bonds. The van der Waals surface area contributed by atoms with Gasteiger partial charge in [-0.1, -0.05) is 38.1 Å². The van der Waals surface area contributed by atoms with Crippen LogP contribution in [-0.2, 0) is 71.8 Å². The number of halogens is 4. The molecular weight excluding hydrogens is 1140 g/mol. The van der Waals surface area contributed by atoms with E-state index < -0.39 is 51.4 Å². The molecule has 1 spiro atoms. The molecule has 0 atom stereocenters. The van der Waals surface area contributed by atoms with Crippen molar-refractivity contribution in [2.24, 2.45) is 16.1 Å². The van der Waals surface area contributed by atoms with Crippen molar-refractivity contribution in [2.75, 3.05) is 171 Å². The summed E-state index contributed by atoms with van der Waals surface area (Å²) in [5, 5.41) is 0. The molecule has 21 nitrogen and oxygen atoms in total. The second kappa shape index (κ2) is 36.6. The molecule has 3 aliphatic rings. The first-order chi connectivity index (χ1) is 41.1. The summed E-state index contributed by atoms with van der Waals surface area (Å²) in [7, 11) is -3.80. The number of nitrogens with two attached hydrogens (primary N) is 1. The van der Waals surface area contributed by atoms with Gasteiger partial charge in [-0.05, 0) is 54.7 Å². The lowest BCUT2D eigenvalue weighted by Gasteiger charge is -2.46. The Bertz CT molecular complexity index is 2740. The predicted octanol–water partition coefficient (Wildman–Crippen LogP) is 6.11. The zero-order valence-corrected chi connectivity index (χ0v) is 49.5. The fraction of sp³-hybridized carbons (Fsp3) is 0.593. The van der Waals surface area contributed by atoms with Crippen LogP contribution >= 0.6 is 0 Å². The first-order valence-corrected chi connectivity index (χ1v) is 30.2. The van der Waals surface area contributed by atoms with Crippen LogP contribution in [0.2, 0.25) is 0 Å². The number of fused-ring (bicyclic) bond motifs is 1. The van der Waals surface area contributed by atoms with E-state index in [1.54, 1.807) is 18.2 Å². The van der Waals surface area contributed by atoms with E-state index in [-0.39, 0.29) is 74.1 Å². The summed E-state index contributed by atoms with van der Waals surface area (Å²) in [6.45, 7) is 13.6. The Labute approximate surface area is 494 Å². The van der Waals surface area contributed by atoms with E-state index >= 15 is 0 Å². The normalized spacial score (nSPS) is 14.9. The molecule has 3 aliphatic heterocycles. The van der Waals surface area contributed by atoms with Crippen molar-refractivity contribution in [1.29, 1.82) is 0 Å². The van der Waals surface area contributed by atoms with E-state index in [9.17, 15) is 40.4 Å². The highest BCUT2D eigenvalue weighted by atomic mass is 32.2. The number of amides is 2. The number of ether oxygens (including phenoxy) is 11. The van der Waals surface area contributed by atoms with Gasteiger partial charge >= 0.3 is 5.97 Å². The third-order valence-corrected chi connectivity index (χ3v) is 15.5. The Morgan fingerprint density at radius 3 is 1.58 bits per heavy atom. The lowest BCUT2D eigenvalue weighted by Crippen LogP contribution is -2.59. The number of carbonyl (C=O) groups excluding carboxylic acids is 3. The number of likely N-dealkylation sites (tertiary alicyclic amines) is 1. The molecule has 3 heterocycles. The van der Waals surface area contributed by atoms with Crippen molar-refractivity contribution in [3.8, 4) is 16.9 Å². The van der Waals surface area contributed by atoms with Crippen LogP contribution in [0.25, 0.3) is 17.2 Å². The van der Waals surface area contributed by atoms with Gasteiger partial charge in [0.05, 0.1) is 156 Å². The number of rotatable bonds is 42. The predicted molar refractivity (Wildman–Crippen MR) is 305 cm³/mol. The quantitative estimate of drug-likeness (QED) is 0.0222. The second-order valence-electron chi connectivity index (χ2n) is 20.3. The van der Waals surface area contributed by atoms with Crippen molar-refractivity contribution in [3.05, 3.63) is 82.9 Å². The van der Waals surface area contributed by atoms with Crippen LogP contribution in [0.4, 0.5) is 23.2 Å². The topological polar surface area (TPSA) is 235 Å². The summed E-state index contributed by atoms with van der Waals surface area (Å²) in [4.78, 5) is 46.8. The van der Waals surface area contributed by atoms with Crippen LogP contribution in [0, 0.1) is 28.7 Å². The Hall–Kier alpha value is -5.49. The minimum absolute atomic E-state index is 0.0132. The average Bonchev–Trinajstić information content (AvgIpc) is 3.96. The first kappa shape index (κ1) is 68.6. The minimum Gasteiger partial charge on any atom is -0.420 e. The molecule has 2 N–H and O–H groups in total.